The molecule has 0 unspecified atom stereocenters. The number of urea groups is 1. The van der Waals surface area contributed by atoms with E-state index in [4.69, 9.17) is 0 Å². The van der Waals surface area contributed by atoms with Crippen molar-refractivity contribution in [2.45, 2.75) is 33.2 Å². The fourth-order valence-electron chi connectivity index (χ4n) is 2.88. The number of amides is 3. The number of nitrogens with one attached hydrogen (secondary N) is 1. The highest BCUT2D eigenvalue weighted by molar-refractivity contribution is 5.95. The molecular weight excluding hydrogens is 338 g/mol. The number of benzene rings is 2. The number of nitrogens with zero attached hydrogens (tertiary/aromatic N) is 2. The molecule has 0 aliphatic heterocycles. The predicted molar refractivity (Wildman–Crippen MR) is 110 cm³/mol. The standard InChI is InChI=1S/C22H29N3O2/c1-4-15-25(16-5-2)21(26)19-11-13-20(14-12-19)23-22(27)24(3)17-18-9-7-6-8-10-18/h6-14H,4-5,15-17H2,1-3H3,(H,23,27). The molecule has 2 aromatic carbocycles. The van der Waals surface area contributed by atoms with Crippen molar-refractivity contribution in [3.05, 3.63) is 65.7 Å². The molecule has 0 spiro atoms. The van der Waals surface area contributed by atoms with Gasteiger partial charge in [0.15, 0.2) is 0 Å². The minimum atomic E-state index is -0.184. The van der Waals surface area contributed by atoms with Gasteiger partial charge in [-0.05, 0) is 42.7 Å². The van der Waals surface area contributed by atoms with Crippen LogP contribution in [-0.2, 0) is 6.54 Å². The summed E-state index contributed by atoms with van der Waals surface area (Å²) >= 11 is 0. The zero-order chi connectivity index (χ0) is 19.6. The Morgan fingerprint density at radius 1 is 0.889 bits per heavy atom. The molecule has 0 saturated heterocycles. The summed E-state index contributed by atoms with van der Waals surface area (Å²) in [5, 5.41) is 2.87. The van der Waals surface area contributed by atoms with E-state index in [-0.39, 0.29) is 11.9 Å². The van der Waals surface area contributed by atoms with Gasteiger partial charge in [0.2, 0.25) is 0 Å². The van der Waals surface area contributed by atoms with Gasteiger partial charge < -0.3 is 15.1 Å². The monoisotopic (exact) mass is 367 g/mol. The lowest BCUT2D eigenvalue weighted by atomic mass is 10.1. The van der Waals surface area contributed by atoms with Crippen molar-refractivity contribution in [1.82, 2.24) is 9.80 Å². The molecule has 0 fully saturated rings. The van der Waals surface area contributed by atoms with Crippen molar-refractivity contribution in [1.29, 1.82) is 0 Å². The maximum atomic E-state index is 12.6. The first-order valence-electron chi connectivity index (χ1n) is 9.50. The van der Waals surface area contributed by atoms with Gasteiger partial charge in [-0.3, -0.25) is 4.79 Å². The smallest absolute Gasteiger partial charge is 0.321 e. The van der Waals surface area contributed by atoms with Crippen molar-refractivity contribution >= 4 is 17.6 Å². The lowest BCUT2D eigenvalue weighted by Crippen LogP contribution is -2.32. The topological polar surface area (TPSA) is 52.7 Å². The van der Waals surface area contributed by atoms with Crippen LogP contribution in [0, 0.1) is 0 Å². The fourth-order valence-corrected chi connectivity index (χ4v) is 2.88. The molecule has 27 heavy (non-hydrogen) atoms. The van der Waals surface area contributed by atoms with E-state index in [1.54, 1.807) is 36.2 Å². The van der Waals surface area contributed by atoms with Crippen molar-refractivity contribution < 1.29 is 9.59 Å². The van der Waals surface area contributed by atoms with Crippen molar-refractivity contribution in [3.63, 3.8) is 0 Å². The van der Waals surface area contributed by atoms with Crippen LogP contribution < -0.4 is 5.32 Å². The lowest BCUT2D eigenvalue weighted by molar-refractivity contribution is 0.0755. The van der Waals surface area contributed by atoms with Gasteiger partial charge in [-0.2, -0.15) is 0 Å². The maximum Gasteiger partial charge on any atom is 0.321 e. The molecule has 5 nitrogen and oxygen atoms in total. The summed E-state index contributed by atoms with van der Waals surface area (Å²) in [6, 6.07) is 16.8. The molecule has 0 bridgehead atoms. The van der Waals surface area contributed by atoms with Crippen molar-refractivity contribution in [2.75, 3.05) is 25.5 Å². The molecule has 2 rings (SSSR count). The number of anilines is 1. The van der Waals surface area contributed by atoms with Crippen LogP contribution in [0.15, 0.2) is 54.6 Å². The van der Waals surface area contributed by atoms with Gasteiger partial charge in [-0.1, -0.05) is 44.2 Å². The normalized spacial score (nSPS) is 10.3. The van der Waals surface area contributed by atoms with Gasteiger partial charge in [0.25, 0.3) is 5.91 Å². The average Bonchev–Trinajstić information content (AvgIpc) is 2.68. The van der Waals surface area contributed by atoms with E-state index in [2.05, 4.69) is 19.2 Å². The third-order valence-electron chi connectivity index (χ3n) is 4.27. The summed E-state index contributed by atoms with van der Waals surface area (Å²) in [5.41, 5.74) is 2.39. The molecule has 2 aromatic rings. The Kier molecular flexibility index (Phi) is 7.86. The Morgan fingerprint density at radius 3 is 2.04 bits per heavy atom. The molecule has 1 N–H and O–H groups in total. The summed E-state index contributed by atoms with van der Waals surface area (Å²) in [4.78, 5) is 28.5. The summed E-state index contributed by atoms with van der Waals surface area (Å²) in [5.74, 6) is 0.0396. The van der Waals surface area contributed by atoms with Gasteiger partial charge in [-0.15, -0.1) is 0 Å². The molecule has 0 heterocycles. The van der Waals surface area contributed by atoms with E-state index in [9.17, 15) is 9.59 Å². The summed E-state index contributed by atoms with van der Waals surface area (Å²) in [7, 11) is 1.76. The Morgan fingerprint density at radius 2 is 1.48 bits per heavy atom. The molecule has 0 aliphatic carbocycles. The Bertz CT molecular complexity index is 723. The molecule has 5 heteroatoms. The van der Waals surface area contributed by atoms with Crippen molar-refractivity contribution in [3.8, 4) is 0 Å². The van der Waals surface area contributed by atoms with E-state index in [1.807, 2.05) is 35.2 Å². The van der Waals surface area contributed by atoms with Crippen LogP contribution in [0.1, 0.15) is 42.6 Å². The van der Waals surface area contributed by atoms with E-state index < -0.39 is 0 Å². The van der Waals surface area contributed by atoms with Gasteiger partial charge in [-0.25, -0.2) is 4.79 Å². The minimum absolute atomic E-state index is 0.0396. The van der Waals surface area contributed by atoms with Crippen molar-refractivity contribution in [2.24, 2.45) is 0 Å². The fraction of sp³-hybridized carbons (Fsp3) is 0.364. The quantitative estimate of drug-likeness (QED) is 0.740. The first-order valence-corrected chi connectivity index (χ1v) is 9.50. The van der Waals surface area contributed by atoms with Crippen LogP contribution in [-0.4, -0.2) is 41.9 Å². The Balaban J connectivity index is 1.96. The number of carbonyl (C=O) groups excluding carboxylic acids is 2. The lowest BCUT2D eigenvalue weighted by Gasteiger charge is -2.22. The zero-order valence-electron chi connectivity index (χ0n) is 16.4. The SMILES string of the molecule is CCCN(CCC)C(=O)c1ccc(NC(=O)N(C)Cc2ccccc2)cc1. The highest BCUT2D eigenvalue weighted by Crippen LogP contribution is 2.13. The third-order valence-corrected chi connectivity index (χ3v) is 4.27. The number of rotatable bonds is 8. The number of hydrogen-bond acceptors (Lipinski definition) is 2. The average molecular weight is 367 g/mol. The molecule has 0 aromatic heterocycles. The van der Waals surface area contributed by atoms with Crippen LogP contribution >= 0.6 is 0 Å². The zero-order valence-corrected chi connectivity index (χ0v) is 16.4. The minimum Gasteiger partial charge on any atom is -0.339 e. The van der Waals surface area contributed by atoms with Crippen LogP contribution in [0.4, 0.5) is 10.5 Å². The molecule has 0 radical (unpaired) electrons. The van der Waals surface area contributed by atoms with E-state index >= 15 is 0 Å². The number of hydrogen-bond donors (Lipinski definition) is 1. The van der Waals surface area contributed by atoms with Gasteiger partial charge in [0.05, 0.1) is 0 Å². The second kappa shape index (κ2) is 10.4. The molecule has 144 valence electrons. The highest BCUT2D eigenvalue weighted by atomic mass is 16.2. The number of carbonyl (C=O) groups is 2. The van der Waals surface area contributed by atoms with Crippen LogP contribution in [0.3, 0.4) is 0 Å². The molecule has 3 amide bonds. The molecular formula is C22H29N3O2. The Hall–Kier alpha value is -2.82. The van der Waals surface area contributed by atoms with Crippen LogP contribution in [0.5, 0.6) is 0 Å². The van der Waals surface area contributed by atoms with E-state index in [0.717, 1.165) is 31.5 Å². The van der Waals surface area contributed by atoms with Crippen LogP contribution in [0.2, 0.25) is 0 Å². The van der Waals surface area contributed by atoms with E-state index in [1.165, 1.54) is 0 Å². The van der Waals surface area contributed by atoms with E-state index in [0.29, 0.717) is 17.8 Å². The maximum absolute atomic E-state index is 12.6. The third kappa shape index (κ3) is 6.13. The summed E-state index contributed by atoms with van der Waals surface area (Å²) in [6.45, 7) is 6.19. The van der Waals surface area contributed by atoms with Gasteiger partial charge in [0.1, 0.15) is 0 Å². The van der Waals surface area contributed by atoms with Crippen LogP contribution in [0.25, 0.3) is 0 Å². The summed E-state index contributed by atoms with van der Waals surface area (Å²) < 4.78 is 0. The molecule has 0 saturated carbocycles. The molecule has 0 atom stereocenters. The Labute approximate surface area is 162 Å². The first kappa shape index (κ1) is 20.5. The van der Waals surface area contributed by atoms with Gasteiger partial charge >= 0.3 is 6.03 Å². The summed E-state index contributed by atoms with van der Waals surface area (Å²) in [6.07, 6.45) is 1.88. The predicted octanol–water partition coefficient (Wildman–Crippen LogP) is 4.61. The second-order valence-electron chi connectivity index (χ2n) is 6.64. The highest BCUT2D eigenvalue weighted by Gasteiger charge is 2.15. The van der Waals surface area contributed by atoms with Gasteiger partial charge in [0, 0.05) is 37.9 Å². The first-order chi connectivity index (χ1) is 13.0. The second-order valence-corrected chi connectivity index (χ2v) is 6.64. The molecule has 0 aliphatic rings. The largest absolute Gasteiger partial charge is 0.339 e.